The van der Waals surface area contributed by atoms with Crippen molar-refractivity contribution in [1.29, 1.82) is 0 Å². The number of imide groups is 1. The largest absolute Gasteiger partial charge is 0.493 e. The first kappa shape index (κ1) is 31.1. The van der Waals surface area contributed by atoms with Crippen LogP contribution in [0.25, 0.3) is 0 Å². The molecule has 0 radical (unpaired) electrons. The number of ether oxygens (including phenoxy) is 2. The van der Waals surface area contributed by atoms with E-state index in [4.69, 9.17) is 14.3 Å². The van der Waals surface area contributed by atoms with Gasteiger partial charge >= 0.3 is 0 Å². The van der Waals surface area contributed by atoms with E-state index >= 15 is 0 Å². The molecule has 2 amide bonds. The van der Waals surface area contributed by atoms with E-state index in [9.17, 15) is 24.5 Å². The molecule has 3 heterocycles. The molecular formula is C33H37N3O8S. The number of amides is 2. The maximum absolute atomic E-state index is 14.5. The quantitative estimate of drug-likeness (QED) is 0.208. The average Bonchev–Trinajstić information content (AvgIpc) is 3.65. The molecule has 1 aliphatic carbocycles. The van der Waals surface area contributed by atoms with Gasteiger partial charge in [0, 0.05) is 16.7 Å². The molecule has 6 rings (SSSR count). The summed E-state index contributed by atoms with van der Waals surface area (Å²) in [5, 5.41) is 14.3. The number of carbonyl (C=O) groups is 3. The number of hydrogen-bond donors (Lipinski definition) is 0. The number of benzene rings is 2. The molecule has 12 heteroatoms. The van der Waals surface area contributed by atoms with Crippen LogP contribution < -0.4 is 14.5 Å². The number of ketones is 1. The van der Waals surface area contributed by atoms with Crippen LogP contribution in [0.4, 0.5) is 11.4 Å². The average molecular weight is 636 g/mol. The lowest BCUT2D eigenvalue weighted by molar-refractivity contribution is -0.385. The van der Waals surface area contributed by atoms with Crippen LogP contribution in [0.2, 0.25) is 0 Å². The predicted octanol–water partition coefficient (Wildman–Crippen LogP) is 5.84. The van der Waals surface area contributed by atoms with E-state index in [0.29, 0.717) is 22.2 Å². The standard InChI is InChI=1S/C33H37N3O8S/c1-17(37)26-20-13-12-18(33(2,3)4)14-25(20)45-32(26)34-30(38)27-28(21-15-23(42-5)24(43-6)16-22(21)36(40)41)35(44-29(27)31(34)39)19-10-8-7-9-11-19/h7-11,15-16,18,20,25,27-29H,12-14H2,1-6H3/t18-,20+,25-,27-,28+,29-/m0/s1. The van der Waals surface area contributed by atoms with Gasteiger partial charge in [0.15, 0.2) is 23.4 Å². The molecule has 2 aromatic rings. The Morgan fingerprint density at radius 3 is 2.31 bits per heavy atom. The molecule has 2 saturated heterocycles. The minimum atomic E-state index is -1.25. The highest BCUT2D eigenvalue weighted by molar-refractivity contribution is 8.04. The van der Waals surface area contributed by atoms with Gasteiger partial charge in [-0.3, -0.25) is 29.3 Å². The molecule has 11 nitrogen and oxygen atoms in total. The molecule has 0 N–H and O–H groups in total. The fraction of sp³-hybridized carbons (Fsp3) is 0.485. The Labute approximate surface area is 266 Å². The summed E-state index contributed by atoms with van der Waals surface area (Å²) >= 11 is 1.44. The lowest BCUT2D eigenvalue weighted by atomic mass is 9.68. The Kier molecular flexibility index (Phi) is 7.93. The van der Waals surface area contributed by atoms with Gasteiger partial charge in [-0.25, -0.2) is 9.96 Å². The number of Topliss-reactive ketones (excluding diaryl/α,β-unsaturated/α-hetero) is 1. The second-order valence-electron chi connectivity index (χ2n) is 13.1. The van der Waals surface area contributed by atoms with Gasteiger partial charge in [-0.2, -0.15) is 0 Å². The van der Waals surface area contributed by atoms with Gasteiger partial charge in [0.05, 0.1) is 41.5 Å². The van der Waals surface area contributed by atoms with Crippen molar-refractivity contribution in [3.8, 4) is 11.5 Å². The molecule has 3 aliphatic heterocycles. The van der Waals surface area contributed by atoms with E-state index < -0.39 is 34.8 Å². The van der Waals surface area contributed by atoms with E-state index in [2.05, 4.69) is 20.8 Å². The van der Waals surface area contributed by atoms with Gasteiger partial charge in [0.25, 0.3) is 11.6 Å². The molecule has 6 atom stereocenters. The van der Waals surface area contributed by atoms with E-state index in [1.807, 2.05) is 6.07 Å². The van der Waals surface area contributed by atoms with Crippen molar-refractivity contribution in [2.24, 2.45) is 23.2 Å². The van der Waals surface area contributed by atoms with Gasteiger partial charge in [0.1, 0.15) is 12.0 Å². The zero-order valence-electron chi connectivity index (χ0n) is 26.1. The molecule has 3 fully saturated rings. The van der Waals surface area contributed by atoms with Crippen LogP contribution in [-0.4, -0.2) is 53.0 Å². The third-order valence-electron chi connectivity index (χ3n) is 9.64. The number of anilines is 1. The van der Waals surface area contributed by atoms with Crippen LogP contribution >= 0.6 is 11.8 Å². The normalized spacial score (nSPS) is 28.0. The minimum absolute atomic E-state index is 0.0494. The number of nitro benzene ring substituents is 1. The summed E-state index contributed by atoms with van der Waals surface area (Å²) in [4.78, 5) is 61.1. The molecule has 0 unspecified atom stereocenters. The van der Waals surface area contributed by atoms with Crippen molar-refractivity contribution in [3.05, 3.63) is 68.7 Å². The Balaban J connectivity index is 1.45. The van der Waals surface area contributed by atoms with Crippen molar-refractivity contribution >= 4 is 40.7 Å². The number of nitro groups is 1. The monoisotopic (exact) mass is 635 g/mol. The first-order valence-corrected chi connectivity index (χ1v) is 16.0. The van der Waals surface area contributed by atoms with Gasteiger partial charge < -0.3 is 9.47 Å². The fourth-order valence-corrected chi connectivity index (χ4v) is 9.09. The Hall–Kier alpha value is -3.90. The lowest BCUT2D eigenvalue weighted by Crippen LogP contribution is -2.37. The molecule has 4 aliphatic rings. The molecule has 45 heavy (non-hydrogen) atoms. The van der Waals surface area contributed by atoms with E-state index in [-0.39, 0.29) is 45.1 Å². The summed E-state index contributed by atoms with van der Waals surface area (Å²) < 4.78 is 10.8. The summed E-state index contributed by atoms with van der Waals surface area (Å²) in [5.74, 6) is -1.63. The number of hydroxylamine groups is 1. The van der Waals surface area contributed by atoms with Gasteiger partial charge in [0.2, 0.25) is 5.91 Å². The van der Waals surface area contributed by atoms with E-state index in [1.54, 1.807) is 24.3 Å². The molecule has 0 aromatic heterocycles. The number of carbonyl (C=O) groups excluding carboxylic acids is 3. The van der Waals surface area contributed by atoms with Crippen LogP contribution in [0, 0.1) is 33.3 Å². The van der Waals surface area contributed by atoms with Crippen molar-refractivity contribution < 1.29 is 33.6 Å². The van der Waals surface area contributed by atoms with Crippen molar-refractivity contribution in [2.75, 3.05) is 19.3 Å². The number of hydrogen-bond acceptors (Lipinski definition) is 10. The summed E-state index contributed by atoms with van der Waals surface area (Å²) in [6.45, 7) is 8.14. The number of likely N-dealkylation sites (tertiary alicyclic amines) is 1. The van der Waals surface area contributed by atoms with Crippen molar-refractivity contribution in [3.63, 3.8) is 0 Å². The van der Waals surface area contributed by atoms with Gasteiger partial charge in [-0.1, -0.05) is 39.0 Å². The number of allylic oxidation sites excluding steroid dienone is 1. The number of fused-ring (bicyclic) bond motifs is 2. The van der Waals surface area contributed by atoms with Crippen molar-refractivity contribution in [2.45, 2.75) is 64.4 Å². The second kappa shape index (κ2) is 11.5. The number of nitrogens with zero attached hydrogens (tertiary/aromatic N) is 3. The fourth-order valence-electron chi connectivity index (χ4n) is 7.33. The summed E-state index contributed by atoms with van der Waals surface area (Å²) in [6, 6.07) is 10.5. The topological polar surface area (TPSA) is 129 Å². The highest BCUT2D eigenvalue weighted by atomic mass is 32.2. The Morgan fingerprint density at radius 1 is 1.04 bits per heavy atom. The SMILES string of the molecule is COc1cc([C@@H]2[C@@H]3C(=O)N(C4=C(C(C)=O)[C@@H]5CC[C@H](C(C)(C)C)C[C@@H]5S4)C(=O)[C@H]3ON2c2ccccc2)c([N+](=O)[O-])cc1OC. The molecule has 238 valence electrons. The maximum Gasteiger partial charge on any atom is 0.278 e. The third-order valence-corrected chi connectivity index (χ3v) is 11.1. The predicted molar refractivity (Wildman–Crippen MR) is 167 cm³/mol. The molecular weight excluding hydrogens is 598 g/mol. The van der Waals surface area contributed by atoms with Crippen LogP contribution in [0.1, 0.15) is 58.6 Å². The minimum Gasteiger partial charge on any atom is -0.493 e. The molecule has 0 bridgehead atoms. The van der Waals surface area contributed by atoms with Gasteiger partial charge in [-0.05, 0) is 55.7 Å². The van der Waals surface area contributed by atoms with Crippen LogP contribution in [0.3, 0.4) is 0 Å². The van der Waals surface area contributed by atoms with E-state index in [1.165, 1.54) is 50.1 Å². The first-order chi connectivity index (χ1) is 21.4. The number of para-hydroxylation sites is 1. The smallest absolute Gasteiger partial charge is 0.278 e. The van der Waals surface area contributed by atoms with Crippen LogP contribution in [0.15, 0.2) is 53.1 Å². The Morgan fingerprint density at radius 2 is 1.71 bits per heavy atom. The zero-order chi connectivity index (χ0) is 32.4. The summed E-state index contributed by atoms with van der Waals surface area (Å²) in [6.07, 6.45) is 1.39. The first-order valence-electron chi connectivity index (χ1n) is 15.1. The van der Waals surface area contributed by atoms with Crippen LogP contribution in [-0.2, 0) is 19.2 Å². The molecule has 2 aromatic carbocycles. The zero-order valence-corrected chi connectivity index (χ0v) is 27.0. The summed E-state index contributed by atoms with van der Waals surface area (Å²) in [5.41, 5.74) is 0.967. The van der Waals surface area contributed by atoms with Crippen molar-refractivity contribution in [1.82, 2.24) is 4.90 Å². The lowest BCUT2D eigenvalue weighted by Gasteiger charge is -2.39. The Bertz CT molecular complexity index is 1600. The van der Waals surface area contributed by atoms with E-state index in [0.717, 1.165) is 24.2 Å². The number of thioether (sulfide) groups is 1. The van der Waals surface area contributed by atoms with Crippen LogP contribution in [0.5, 0.6) is 11.5 Å². The molecule has 1 saturated carbocycles. The molecule has 0 spiro atoms. The number of methoxy groups -OCH3 is 2. The second-order valence-corrected chi connectivity index (χ2v) is 14.3. The van der Waals surface area contributed by atoms with Gasteiger partial charge in [-0.15, -0.1) is 11.8 Å². The maximum atomic E-state index is 14.5. The highest BCUT2D eigenvalue weighted by Gasteiger charge is 2.63. The highest BCUT2D eigenvalue weighted by Crippen LogP contribution is 2.57. The third kappa shape index (κ3) is 5.07. The summed E-state index contributed by atoms with van der Waals surface area (Å²) in [7, 11) is 2.79. The number of rotatable bonds is 7.